The Hall–Kier alpha value is -0.715. The highest BCUT2D eigenvalue weighted by Gasteiger charge is 2.02. The maximum absolute atomic E-state index is 4.50. The minimum absolute atomic E-state index is 1.16. The molecule has 0 saturated carbocycles. The maximum atomic E-state index is 4.50. The Labute approximate surface area is 90.1 Å². The summed E-state index contributed by atoms with van der Waals surface area (Å²) in [7, 11) is 4.50. The van der Waals surface area contributed by atoms with E-state index in [1.165, 1.54) is 24.4 Å². The van der Waals surface area contributed by atoms with Crippen molar-refractivity contribution in [2.24, 2.45) is 0 Å². The summed E-state index contributed by atoms with van der Waals surface area (Å²) < 4.78 is 0. The fourth-order valence-corrected chi connectivity index (χ4v) is 1.80. The van der Waals surface area contributed by atoms with E-state index in [0.717, 1.165) is 12.8 Å². The molecule has 1 aromatic rings. The van der Waals surface area contributed by atoms with Crippen molar-refractivity contribution in [1.29, 1.82) is 0 Å². The standard InChI is InChI=1S/C12H18.CH3B/c1-4-10-8-7-9-11(5-2)12(10)6-3;1-2/h7-9H,4-6H2,1-3H3;1H3. The van der Waals surface area contributed by atoms with Crippen LogP contribution >= 0.6 is 0 Å². The molecule has 0 bridgehead atoms. The summed E-state index contributed by atoms with van der Waals surface area (Å²) in [6.45, 7) is 8.20. The lowest BCUT2D eigenvalue weighted by Gasteiger charge is -2.10. The molecule has 0 unspecified atom stereocenters. The number of aryl methyl sites for hydroxylation is 2. The quantitative estimate of drug-likeness (QED) is 0.636. The van der Waals surface area contributed by atoms with Crippen LogP contribution in [0.4, 0.5) is 0 Å². The van der Waals surface area contributed by atoms with Crippen LogP contribution < -0.4 is 0 Å². The Morgan fingerprint density at radius 2 is 1.29 bits per heavy atom. The molecule has 0 fully saturated rings. The van der Waals surface area contributed by atoms with Gasteiger partial charge in [-0.3, -0.25) is 0 Å². The van der Waals surface area contributed by atoms with Crippen molar-refractivity contribution in [3.05, 3.63) is 34.9 Å². The molecule has 0 aromatic heterocycles. The fraction of sp³-hybridized carbons (Fsp3) is 0.538. The number of benzene rings is 1. The smallest absolute Gasteiger partial charge is 0.0606 e. The molecule has 0 heterocycles. The van der Waals surface area contributed by atoms with Crippen molar-refractivity contribution in [1.82, 2.24) is 0 Å². The van der Waals surface area contributed by atoms with Gasteiger partial charge < -0.3 is 0 Å². The van der Waals surface area contributed by atoms with Crippen molar-refractivity contribution in [3.8, 4) is 0 Å². The first-order valence-electron chi connectivity index (χ1n) is 5.50. The van der Waals surface area contributed by atoms with Crippen molar-refractivity contribution >= 4 is 7.85 Å². The van der Waals surface area contributed by atoms with Gasteiger partial charge >= 0.3 is 0 Å². The van der Waals surface area contributed by atoms with Gasteiger partial charge in [-0.05, 0) is 36.0 Å². The number of hydrogen-bond donors (Lipinski definition) is 0. The zero-order valence-electron chi connectivity index (χ0n) is 9.93. The van der Waals surface area contributed by atoms with Gasteiger partial charge in [0.2, 0.25) is 0 Å². The molecule has 1 rings (SSSR count). The van der Waals surface area contributed by atoms with E-state index in [1.807, 2.05) is 0 Å². The van der Waals surface area contributed by atoms with E-state index in [1.54, 1.807) is 5.56 Å². The molecule has 14 heavy (non-hydrogen) atoms. The average molecular weight is 188 g/mol. The van der Waals surface area contributed by atoms with Crippen LogP contribution in [0.5, 0.6) is 0 Å². The first-order chi connectivity index (χ1) is 6.83. The Kier molecular flexibility index (Phi) is 7.28. The van der Waals surface area contributed by atoms with E-state index in [4.69, 9.17) is 0 Å². The van der Waals surface area contributed by atoms with E-state index >= 15 is 0 Å². The van der Waals surface area contributed by atoms with Gasteiger partial charge in [-0.1, -0.05) is 45.8 Å². The highest BCUT2D eigenvalue weighted by molar-refractivity contribution is 6.05. The van der Waals surface area contributed by atoms with Crippen molar-refractivity contribution in [2.75, 3.05) is 0 Å². The number of hydrogen-bond acceptors (Lipinski definition) is 0. The normalized spacial score (nSPS) is 9.14. The van der Waals surface area contributed by atoms with Gasteiger partial charge in [0.1, 0.15) is 0 Å². The Morgan fingerprint density at radius 1 is 0.857 bits per heavy atom. The Balaban J connectivity index is 0.000000791. The molecule has 0 N–H and O–H groups in total. The zero-order chi connectivity index (χ0) is 11.0. The van der Waals surface area contributed by atoms with Gasteiger partial charge in [0.05, 0.1) is 7.85 Å². The third-order valence-electron chi connectivity index (χ3n) is 2.49. The van der Waals surface area contributed by atoms with Gasteiger partial charge in [-0.2, -0.15) is 0 Å². The monoisotopic (exact) mass is 188 g/mol. The molecule has 1 heteroatoms. The fourth-order valence-electron chi connectivity index (χ4n) is 1.80. The van der Waals surface area contributed by atoms with Crippen LogP contribution in [0.1, 0.15) is 37.5 Å². The predicted octanol–water partition coefficient (Wildman–Crippen LogP) is 3.58. The van der Waals surface area contributed by atoms with Crippen molar-refractivity contribution in [2.45, 2.75) is 46.9 Å². The van der Waals surface area contributed by atoms with Gasteiger partial charge in [-0.25, -0.2) is 0 Å². The summed E-state index contributed by atoms with van der Waals surface area (Å²) >= 11 is 0. The maximum Gasteiger partial charge on any atom is 0.0606 e. The van der Waals surface area contributed by atoms with Crippen LogP contribution in [-0.4, -0.2) is 7.85 Å². The van der Waals surface area contributed by atoms with Gasteiger partial charge in [-0.15, -0.1) is 0 Å². The first kappa shape index (κ1) is 13.3. The summed E-state index contributed by atoms with van der Waals surface area (Å²) in [4.78, 5) is 0. The molecule has 0 aliphatic carbocycles. The van der Waals surface area contributed by atoms with Crippen LogP contribution in [0.25, 0.3) is 0 Å². The van der Waals surface area contributed by atoms with Crippen molar-refractivity contribution < 1.29 is 0 Å². The van der Waals surface area contributed by atoms with E-state index in [0.29, 0.717) is 0 Å². The summed E-state index contributed by atoms with van der Waals surface area (Å²) in [6.07, 6.45) is 3.50. The summed E-state index contributed by atoms with van der Waals surface area (Å²) in [5.41, 5.74) is 4.62. The molecule has 0 aliphatic heterocycles. The molecular formula is C13H21B. The summed E-state index contributed by atoms with van der Waals surface area (Å²) in [6, 6.07) is 6.67. The molecule has 0 aliphatic rings. The second-order valence-electron chi connectivity index (χ2n) is 3.12. The third kappa shape index (κ3) is 3.21. The molecule has 0 spiro atoms. The molecule has 2 radical (unpaired) electrons. The molecule has 0 nitrogen and oxygen atoms in total. The lowest BCUT2D eigenvalue weighted by Crippen LogP contribution is -1.96. The first-order valence-corrected chi connectivity index (χ1v) is 5.50. The number of rotatable bonds is 3. The van der Waals surface area contributed by atoms with Crippen molar-refractivity contribution in [3.63, 3.8) is 0 Å². The Morgan fingerprint density at radius 3 is 1.57 bits per heavy atom. The zero-order valence-corrected chi connectivity index (χ0v) is 9.93. The summed E-state index contributed by atoms with van der Waals surface area (Å²) in [5, 5.41) is 0. The highest BCUT2D eigenvalue weighted by atomic mass is 14.1. The molecule has 1 aromatic carbocycles. The predicted molar refractivity (Wildman–Crippen MR) is 66.2 cm³/mol. The average Bonchev–Trinajstić information content (AvgIpc) is 2.30. The topological polar surface area (TPSA) is 0 Å². The minimum atomic E-state index is 1.16. The molecule has 76 valence electrons. The largest absolute Gasteiger partial charge is 0.0999 e. The van der Waals surface area contributed by atoms with Crippen LogP contribution in [-0.2, 0) is 19.3 Å². The van der Waals surface area contributed by atoms with Gasteiger partial charge in [0.15, 0.2) is 0 Å². The lowest BCUT2D eigenvalue weighted by atomic mass is 9.96. The molecule has 0 atom stereocenters. The van der Waals surface area contributed by atoms with Crippen LogP contribution in [0.3, 0.4) is 0 Å². The van der Waals surface area contributed by atoms with Crippen LogP contribution in [0, 0.1) is 0 Å². The molecule has 0 amide bonds. The molecule has 0 saturated heterocycles. The van der Waals surface area contributed by atoms with Gasteiger partial charge in [0, 0.05) is 0 Å². The van der Waals surface area contributed by atoms with E-state index in [-0.39, 0.29) is 0 Å². The third-order valence-corrected chi connectivity index (χ3v) is 2.49. The van der Waals surface area contributed by atoms with Crippen LogP contribution in [0.2, 0.25) is 6.82 Å². The molecular weight excluding hydrogens is 167 g/mol. The van der Waals surface area contributed by atoms with E-state index in [9.17, 15) is 0 Å². The lowest BCUT2D eigenvalue weighted by molar-refractivity contribution is 0.981. The van der Waals surface area contributed by atoms with E-state index < -0.39 is 0 Å². The minimum Gasteiger partial charge on any atom is -0.0999 e. The second-order valence-corrected chi connectivity index (χ2v) is 3.12. The SMILES string of the molecule is CCc1cccc(CC)c1CC.[B]C. The summed E-state index contributed by atoms with van der Waals surface area (Å²) in [5.74, 6) is 0. The Bertz CT molecular complexity index is 231. The highest BCUT2D eigenvalue weighted by Crippen LogP contribution is 2.16. The van der Waals surface area contributed by atoms with E-state index in [2.05, 4.69) is 46.8 Å². The van der Waals surface area contributed by atoms with Crippen LogP contribution in [0.15, 0.2) is 18.2 Å². The second kappa shape index (κ2) is 7.67. The van der Waals surface area contributed by atoms with Gasteiger partial charge in [0.25, 0.3) is 0 Å².